The quantitative estimate of drug-likeness (QED) is 0.553. The van der Waals surface area contributed by atoms with Crippen LogP contribution in [0.5, 0.6) is 0 Å². The number of amides is 1. The van der Waals surface area contributed by atoms with E-state index in [2.05, 4.69) is 0 Å². The largest absolute Gasteiger partial charge is 0.503 e. The van der Waals surface area contributed by atoms with Gasteiger partial charge < -0.3 is 10.0 Å². The molecule has 1 aromatic heterocycles. The third kappa shape index (κ3) is 3.84. The van der Waals surface area contributed by atoms with E-state index in [0.29, 0.717) is 28.4 Å². The van der Waals surface area contributed by atoms with Gasteiger partial charge in [0.25, 0.3) is 5.91 Å². The normalized spacial score (nSPS) is 16.5. The molecular formula is C23H18ClNO3S. The summed E-state index contributed by atoms with van der Waals surface area (Å²) >= 11 is 7.46. The number of aliphatic hydroxyl groups excluding tert-OH is 1. The van der Waals surface area contributed by atoms with Crippen LogP contribution in [0.4, 0.5) is 0 Å². The fraction of sp³-hybridized carbons (Fsp3) is 0.130. The van der Waals surface area contributed by atoms with Gasteiger partial charge in [0.15, 0.2) is 5.76 Å². The number of aliphatic hydroxyl groups is 1. The molecule has 0 spiro atoms. The van der Waals surface area contributed by atoms with E-state index in [1.54, 1.807) is 40.6 Å². The first-order valence-corrected chi connectivity index (χ1v) is 10.4. The summed E-state index contributed by atoms with van der Waals surface area (Å²) in [6, 6.07) is 19.6. The second-order valence-corrected chi connectivity index (χ2v) is 8.14. The van der Waals surface area contributed by atoms with Gasteiger partial charge in [-0.3, -0.25) is 9.59 Å². The van der Waals surface area contributed by atoms with Crippen LogP contribution in [0, 0.1) is 0 Å². The summed E-state index contributed by atoms with van der Waals surface area (Å²) in [4.78, 5) is 28.1. The van der Waals surface area contributed by atoms with Crippen molar-refractivity contribution in [2.75, 3.05) is 6.54 Å². The zero-order valence-electron chi connectivity index (χ0n) is 15.4. The zero-order chi connectivity index (χ0) is 20.4. The van der Waals surface area contributed by atoms with Gasteiger partial charge in [0, 0.05) is 11.6 Å². The molecule has 0 bridgehead atoms. The van der Waals surface area contributed by atoms with Crippen LogP contribution in [0.2, 0.25) is 5.02 Å². The Morgan fingerprint density at radius 2 is 1.86 bits per heavy atom. The number of thiophene rings is 1. The van der Waals surface area contributed by atoms with E-state index in [4.69, 9.17) is 11.6 Å². The van der Waals surface area contributed by atoms with E-state index < -0.39 is 17.7 Å². The van der Waals surface area contributed by atoms with Gasteiger partial charge in [0.1, 0.15) is 0 Å². The smallest absolute Gasteiger partial charge is 0.290 e. The lowest BCUT2D eigenvalue weighted by atomic mass is 9.95. The van der Waals surface area contributed by atoms with E-state index in [1.807, 2.05) is 36.4 Å². The van der Waals surface area contributed by atoms with Crippen LogP contribution >= 0.6 is 22.9 Å². The first-order valence-electron chi connectivity index (χ1n) is 9.18. The molecule has 0 fully saturated rings. The number of hydrogen-bond acceptors (Lipinski definition) is 4. The highest BCUT2D eigenvalue weighted by molar-refractivity contribution is 7.12. The van der Waals surface area contributed by atoms with Gasteiger partial charge in [-0.1, -0.05) is 60.1 Å². The molecule has 146 valence electrons. The van der Waals surface area contributed by atoms with E-state index >= 15 is 0 Å². The third-order valence-corrected chi connectivity index (χ3v) is 6.05. The summed E-state index contributed by atoms with van der Waals surface area (Å²) in [7, 11) is 0. The van der Waals surface area contributed by atoms with Crippen LogP contribution in [-0.2, 0) is 11.2 Å². The van der Waals surface area contributed by atoms with E-state index in [-0.39, 0.29) is 11.4 Å². The Labute approximate surface area is 177 Å². The highest BCUT2D eigenvalue weighted by Gasteiger charge is 2.43. The number of nitrogens with zero attached hydrogens (tertiary/aromatic N) is 1. The van der Waals surface area contributed by atoms with Gasteiger partial charge in [0.05, 0.1) is 16.5 Å². The van der Waals surface area contributed by atoms with Gasteiger partial charge in [-0.15, -0.1) is 11.3 Å². The first kappa shape index (κ1) is 19.4. The lowest BCUT2D eigenvalue weighted by molar-refractivity contribution is -0.129. The molecule has 29 heavy (non-hydrogen) atoms. The molecule has 0 saturated carbocycles. The molecule has 2 heterocycles. The minimum atomic E-state index is -0.681. The molecule has 1 aliphatic rings. The van der Waals surface area contributed by atoms with Crippen molar-refractivity contribution in [3.05, 3.63) is 104 Å². The Bertz CT molecular complexity index is 1080. The number of carbonyl (C=O) groups excluding carboxylic acids is 2. The van der Waals surface area contributed by atoms with Crippen molar-refractivity contribution in [2.24, 2.45) is 0 Å². The van der Waals surface area contributed by atoms with Gasteiger partial charge >= 0.3 is 0 Å². The third-order valence-electron chi connectivity index (χ3n) is 4.94. The first-order chi connectivity index (χ1) is 14.1. The molecule has 3 aromatic rings. The molecular weight excluding hydrogens is 406 g/mol. The maximum Gasteiger partial charge on any atom is 0.290 e. The fourth-order valence-electron chi connectivity index (χ4n) is 3.57. The van der Waals surface area contributed by atoms with Crippen LogP contribution in [0.3, 0.4) is 0 Å². The Morgan fingerprint density at radius 1 is 1.07 bits per heavy atom. The van der Waals surface area contributed by atoms with Crippen LogP contribution in [-0.4, -0.2) is 28.2 Å². The Kier molecular flexibility index (Phi) is 5.51. The molecule has 1 amide bonds. The number of benzene rings is 2. The van der Waals surface area contributed by atoms with Crippen molar-refractivity contribution in [3.8, 4) is 0 Å². The summed E-state index contributed by atoms with van der Waals surface area (Å²) in [5, 5.41) is 12.9. The fourth-order valence-corrected chi connectivity index (χ4v) is 4.45. The Morgan fingerprint density at radius 3 is 2.55 bits per heavy atom. The van der Waals surface area contributed by atoms with Gasteiger partial charge in [0.2, 0.25) is 5.78 Å². The maximum atomic E-state index is 13.1. The summed E-state index contributed by atoms with van der Waals surface area (Å²) in [6.45, 7) is 0.366. The van der Waals surface area contributed by atoms with Crippen molar-refractivity contribution in [1.82, 2.24) is 4.90 Å². The predicted molar refractivity (Wildman–Crippen MR) is 114 cm³/mol. The molecule has 4 rings (SSSR count). The molecule has 0 saturated heterocycles. The average Bonchev–Trinajstić information content (AvgIpc) is 3.35. The predicted octanol–water partition coefficient (Wildman–Crippen LogP) is 5.22. The lowest BCUT2D eigenvalue weighted by Gasteiger charge is -2.27. The SMILES string of the molecule is O=C(C1=C(O)C(=O)N(CCc2ccccc2)C1c1cccc(Cl)c1)c1cccs1. The summed E-state index contributed by atoms with van der Waals surface area (Å²) in [6.07, 6.45) is 0.609. The molecule has 1 unspecified atom stereocenters. The number of halogens is 1. The minimum absolute atomic E-state index is 0.104. The molecule has 1 atom stereocenters. The number of carbonyl (C=O) groups is 2. The van der Waals surface area contributed by atoms with Crippen LogP contribution in [0.1, 0.15) is 26.8 Å². The molecule has 0 aliphatic carbocycles. The molecule has 1 aliphatic heterocycles. The standard InChI is InChI=1S/C23H18ClNO3S/c24-17-9-4-8-16(14-17)20-19(21(26)18-10-5-13-29-18)22(27)23(28)25(20)12-11-15-6-2-1-3-7-15/h1-10,13-14,20,27H,11-12H2. The molecule has 1 N–H and O–H groups in total. The zero-order valence-corrected chi connectivity index (χ0v) is 17.0. The van der Waals surface area contributed by atoms with Crippen molar-refractivity contribution in [1.29, 1.82) is 0 Å². The number of Topliss-reactive ketones (excluding diaryl/α,β-unsaturated/α-hetero) is 1. The van der Waals surface area contributed by atoms with Gasteiger partial charge in [-0.25, -0.2) is 0 Å². The van der Waals surface area contributed by atoms with Gasteiger partial charge in [-0.05, 0) is 41.1 Å². The number of rotatable bonds is 6. The Balaban J connectivity index is 1.73. The van der Waals surface area contributed by atoms with Crippen LogP contribution in [0.25, 0.3) is 0 Å². The van der Waals surface area contributed by atoms with Crippen LogP contribution in [0.15, 0.2) is 83.4 Å². The van der Waals surface area contributed by atoms with E-state index in [9.17, 15) is 14.7 Å². The van der Waals surface area contributed by atoms with Crippen molar-refractivity contribution in [2.45, 2.75) is 12.5 Å². The summed E-state index contributed by atoms with van der Waals surface area (Å²) < 4.78 is 0. The second-order valence-electron chi connectivity index (χ2n) is 6.76. The summed E-state index contributed by atoms with van der Waals surface area (Å²) in [5.74, 6) is -1.36. The topological polar surface area (TPSA) is 57.6 Å². The highest BCUT2D eigenvalue weighted by Crippen LogP contribution is 2.40. The average molecular weight is 424 g/mol. The minimum Gasteiger partial charge on any atom is -0.503 e. The lowest BCUT2D eigenvalue weighted by Crippen LogP contribution is -2.33. The maximum absolute atomic E-state index is 13.1. The van der Waals surface area contributed by atoms with Gasteiger partial charge in [-0.2, -0.15) is 0 Å². The Hall–Kier alpha value is -2.89. The molecule has 2 aromatic carbocycles. The number of hydrogen-bond donors (Lipinski definition) is 1. The number of ketones is 1. The summed E-state index contributed by atoms with van der Waals surface area (Å²) in [5.41, 5.74) is 1.87. The molecule has 4 nitrogen and oxygen atoms in total. The molecule has 6 heteroatoms. The van der Waals surface area contributed by atoms with E-state index in [1.165, 1.54) is 11.3 Å². The van der Waals surface area contributed by atoms with Crippen molar-refractivity contribution < 1.29 is 14.7 Å². The van der Waals surface area contributed by atoms with Crippen molar-refractivity contribution in [3.63, 3.8) is 0 Å². The molecule has 0 radical (unpaired) electrons. The monoisotopic (exact) mass is 423 g/mol. The van der Waals surface area contributed by atoms with E-state index in [0.717, 1.165) is 5.56 Å². The second kappa shape index (κ2) is 8.23. The highest BCUT2D eigenvalue weighted by atomic mass is 35.5. The van der Waals surface area contributed by atoms with Crippen LogP contribution < -0.4 is 0 Å². The van der Waals surface area contributed by atoms with Crippen molar-refractivity contribution >= 4 is 34.6 Å².